The molecule has 0 bridgehead atoms. The maximum Gasteiger partial charge on any atom is 0.276 e. The molecular weight excluding hydrogens is 218 g/mol. The van der Waals surface area contributed by atoms with E-state index in [2.05, 4.69) is 15.2 Å². The minimum absolute atomic E-state index is 0.104. The largest absolute Gasteiger partial charge is 0.332 e. The van der Waals surface area contributed by atoms with Gasteiger partial charge in [0.05, 0.1) is 6.04 Å². The summed E-state index contributed by atoms with van der Waals surface area (Å²) < 4.78 is 6.88. The zero-order valence-corrected chi connectivity index (χ0v) is 10.5. The molecule has 2 aromatic rings. The molecule has 1 atom stereocenters. The van der Waals surface area contributed by atoms with E-state index in [4.69, 9.17) is 10.3 Å². The van der Waals surface area contributed by atoms with Gasteiger partial charge < -0.3 is 10.3 Å². The van der Waals surface area contributed by atoms with Crippen molar-refractivity contribution < 1.29 is 4.52 Å². The van der Waals surface area contributed by atoms with Gasteiger partial charge in [0.25, 0.3) is 5.89 Å². The van der Waals surface area contributed by atoms with Crippen LogP contribution in [0.15, 0.2) is 16.8 Å². The van der Waals surface area contributed by atoms with E-state index < -0.39 is 0 Å². The summed E-state index contributed by atoms with van der Waals surface area (Å²) in [7, 11) is 1.82. The highest BCUT2D eigenvalue weighted by Gasteiger charge is 2.27. The predicted octanol–water partition coefficient (Wildman–Crippen LogP) is 1.52. The fourth-order valence-electron chi connectivity index (χ4n) is 1.44. The van der Waals surface area contributed by atoms with Crippen LogP contribution in [0.3, 0.4) is 0 Å². The molecule has 2 N–H and O–H groups in total. The molecule has 0 fully saturated rings. The number of hydrogen-bond acceptors (Lipinski definition) is 5. The summed E-state index contributed by atoms with van der Waals surface area (Å²) in [5.74, 6) is 0.966. The van der Waals surface area contributed by atoms with Crippen LogP contribution >= 0.6 is 0 Å². The number of nitrogens with zero attached hydrogens (tertiary/aromatic N) is 4. The highest BCUT2D eigenvalue weighted by Crippen LogP contribution is 2.29. The van der Waals surface area contributed by atoms with Crippen LogP contribution in [0, 0.1) is 5.41 Å². The van der Waals surface area contributed by atoms with Gasteiger partial charge in [-0.3, -0.25) is 4.68 Å². The van der Waals surface area contributed by atoms with Crippen molar-refractivity contribution in [3.63, 3.8) is 0 Å². The van der Waals surface area contributed by atoms with Gasteiger partial charge in [0.1, 0.15) is 5.69 Å². The average Bonchev–Trinajstić information content (AvgIpc) is 2.83. The van der Waals surface area contributed by atoms with Crippen molar-refractivity contribution in [1.82, 2.24) is 19.9 Å². The van der Waals surface area contributed by atoms with E-state index in [1.807, 2.05) is 33.9 Å². The van der Waals surface area contributed by atoms with Crippen molar-refractivity contribution in [2.45, 2.75) is 26.8 Å². The van der Waals surface area contributed by atoms with Crippen LogP contribution in [-0.2, 0) is 7.05 Å². The maximum atomic E-state index is 6.07. The normalized spacial score (nSPS) is 13.9. The highest BCUT2D eigenvalue weighted by molar-refractivity contribution is 5.45. The maximum absolute atomic E-state index is 6.07. The summed E-state index contributed by atoms with van der Waals surface area (Å²) in [6, 6.07) is 1.56. The van der Waals surface area contributed by atoms with Crippen LogP contribution in [0.2, 0.25) is 0 Å². The number of nitrogens with two attached hydrogens (primary N) is 1. The molecule has 0 amide bonds. The van der Waals surface area contributed by atoms with Gasteiger partial charge in [0, 0.05) is 13.2 Å². The first-order valence-electron chi connectivity index (χ1n) is 5.47. The third kappa shape index (κ3) is 2.21. The molecule has 0 aliphatic rings. The van der Waals surface area contributed by atoms with Crippen LogP contribution in [0.25, 0.3) is 11.6 Å². The van der Waals surface area contributed by atoms with E-state index in [0.29, 0.717) is 11.7 Å². The summed E-state index contributed by atoms with van der Waals surface area (Å²) in [5.41, 5.74) is 6.75. The summed E-state index contributed by atoms with van der Waals surface area (Å²) in [6.07, 6.45) is 1.68. The molecule has 0 aliphatic carbocycles. The van der Waals surface area contributed by atoms with E-state index >= 15 is 0 Å². The first-order valence-corrected chi connectivity index (χ1v) is 5.47. The topological polar surface area (TPSA) is 82.8 Å². The summed E-state index contributed by atoms with van der Waals surface area (Å²) in [4.78, 5) is 4.32. The molecule has 0 aromatic carbocycles. The highest BCUT2D eigenvalue weighted by atomic mass is 16.5. The molecule has 0 spiro atoms. The van der Waals surface area contributed by atoms with E-state index in [1.165, 1.54) is 0 Å². The second-order valence-corrected chi connectivity index (χ2v) is 5.14. The third-order valence-electron chi connectivity index (χ3n) is 2.69. The van der Waals surface area contributed by atoms with Crippen LogP contribution in [-0.4, -0.2) is 19.9 Å². The molecule has 0 aliphatic heterocycles. The van der Waals surface area contributed by atoms with E-state index in [-0.39, 0.29) is 11.5 Å². The smallest absolute Gasteiger partial charge is 0.276 e. The van der Waals surface area contributed by atoms with Crippen LogP contribution in [0.4, 0.5) is 0 Å². The third-order valence-corrected chi connectivity index (χ3v) is 2.69. The molecule has 0 radical (unpaired) electrons. The number of hydrogen-bond donors (Lipinski definition) is 1. The lowest BCUT2D eigenvalue weighted by Gasteiger charge is -2.23. The second-order valence-electron chi connectivity index (χ2n) is 5.14. The van der Waals surface area contributed by atoms with Crippen LogP contribution in [0.5, 0.6) is 0 Å². The predicted molar refractivity (Wildman–Crippen MR) is 62.9 cm³/mol. The van der Waals surface area contributed by atoms with Crippen molar-refractivity contribution >= 4 is 0 Å². The molecule has 2 aromatic heterocycles. The quantitative estimate of drug-likeness (QED) is 0.853. The van der Waals surface area contributed by atoms with E-state index in [9.17, 15) is 0 Å². The van der Waals surface area contributed by atoms with Gasteiger partial charge >= 0.3 is 0 Å². The molecule has 0 saturated carbocycles. The van der Waals surface area contributed by atoms with Crippen molar-refractivity contribution in [3.05, 3.63) is 18.1 Å². The Kier molecular flexibility index (Phi) is 2.74. The van der Waals surface area contributed by atoms with Gasteiger partial charge in [-0.25, -0.2) is 0 Å². The molecular formula is C11H17N5O. The molecule has 17 heavy (non-hydrogen) atoms. The van der Waals surface area contributed by atoms with Crippen molar-refractivity contribution in [2.24, 2.45) is 18.2 Å². The fourth-order valence-corrected chi connectivity index (χ4v) is 1.44. The second kappa shape index (κ2) is 3.96. The lowest BCUT2D eigenvalue weighted by molar-refractivity contribution is 0.303. The Labute approximate surface area is 99.8 Å². The number of aryl methyl sites for hydroxylation is 1. The Morgan fingerprint density at radius 1 is 1.41 bits per heavy atom. The lowest BCUT2D eigenvalue weighted by Crippen LogP contribution is -2.27. The molecule has 6 heteroatoms. The van der Waals surface area contributed by atoms with Gasteiger partial charge in [-0.2, -0.15) is 10.1 Å². The average molecular weight is 235 g/mol. The zero-order valence-electron chi connectivity index (χ0n) is 10.5. The molecule has 0 saturated heterocycles. The standard InChI is InChI=1S/C11H17N5O/c1-11(2,3)8(12)9-14-10(17-15-9)7-5-6-13-16(7)4/h5-6,8H,12H2,1-4H3. The Morgan fingerprint density at radius 2 is 2.12 bits per heavy atom. The van der Waals surface area contributed by atoms with Crippen LogP contribution < -0.4 is 5.73 Å². The Bertz CT molecular complexity index is 508. The van der Waals surface area contributed by atoms with Crippen LogP contribution in [0.1, 0.15) is 32.6 Å². The van der Waals surface area contributed by atoms with Gasteiger partial charge in [0.15, 0.2) is 5.82 Å². The Morgan fingerprint density at radius 3 is 2.65 bits per heavy atom. The monoisotopic (exact) mass is 235 g/mol. The Hall–Kier alpha value is -1.69. The van der Waals surface area contributed by atoms with Gasteiger partial charge in [-0.05, 0) is 11.5 Å². The molecule has 6 nitrogen and oxygen atoms in total. The fraction of sp³-hybridized carbons (Fsp3) is 0.545. The zero-order chi connectivity index (χ0) is 12.6. The van der Waals surface area contributed by atoms with Gasteiger partial charge in [0.2, 0.25) is 0 Å². The van der Waals surface area contributed by atoms with Crippen molar-refractivity contribution in [1.29, 1.82) is 0 Å². The number of aromatic nitrogens is 4. The van der Waals surface area contributed by atoms with Crippen molar-refractivity contribution in [3.8, 4) is 11.6 Å². The Balaban J connectivity index is 2.31. The van der Waals surface area contributed by atoms with E-state index in [0.717, 1.165) is 5.69 Å². The van der Waals surface area contributed by atoms with E-state index in [1.54, 1.807) is 10.9 Å². The van der Waals surface area contributed by atoms with Gasteiger partial charge in [-0.1, -0.05) is 25.9 Å². The molecule has 2 heterocycles. The number of rotatable bonds is 2. The SMILES string of the molecule is Cn1nccc1-c1nc(C(N)C(C)(C)C)no1. The minimum atomic E-state index is -0.256. The summed E-state index contributed by atoms with van der Waals surface area (Å²) in [5, 5.41) is 7.98. The molecule has 2 rings (SSSR count). The van der Waals surface area contributed by atoms with Crippen molar-refractivity contribution in [2.75, 3.05) is 0 Å². The summed E-state index contributed by atoms with van der Waals surface area (Å²) >= 11 is 0. The molecule has 92 valence electrons. The lowest BCUT2D eigenvalue weighted by atomic mass is 9.87. The first kappa shape index (κ1) is 11.8. The minimum Gasteiger partial charge on any atom is -0.332 e. The van der Waals surface area contributed by atoms with Gasteiger partial charge in [-0.15, -0.1) is 0 Å². The first-order chi connectivity index (χ1) is 7.89. The molecule has 1 unspecified atom stereocenters. The summed E-state index contributed by atoms with van der Waals surface area (Å²) in [6.45, 7) is 6.12.